The number of rotatable bonds is 5. The molecule has 0 saturated carbocycles. The number of nitrogens with zero attached hydrogens (tertiary/aromatic N) is 5. The van der Waals surface area contributed by atoms with Gasteiger partial charge in [0.05, 0.1) is 11.4 Å². The summed E-state index contributed by atoms with van der Waals surface area (Å²) >= 11 is 2.73. The predicted molar refractivity (Wildman–Crippen MR) is 112 cm³/mol. The summed E-state index contributed by atoms with van der Waals surface area (Å²) in [5.74, 6) is 0.625. The lowest BCUT2D eigenvalue weighted by Crippen LogP contribution is -2.14. The van der Waals surface area contributed by atoms with E-state index >= 15 is 0 Å². The van der Waals surface area contributed by atoms with Crippen molar-refractivity contribution in [3.63, 3.8) is 0 Å². The van der Waals surface area contributed by atoms with Crippen LogP contribution in [0.1, 0.15) is 17.0 Å². The maximum atomic E-state index is 12.3. The summed E-state index contributed by atoms with van der Waals surface area (Å²) in [6.45, 7) is 5.93. The number of hydrogen-bond donors (Lipinski definition) is 1. The third-order valence-corrected chi connectivity index (χ3v) is 5.78. The molecule has 0 aliphatic carbocycles. The van der Waals surface area contributed by atoms with Crippen LogP contribution in [-0.2, 0) is 4.79 Å². The Labute approximate surface area is 170 Å². The molecule has 0 aliphatic rings. The highest BCUT2D eigenvalue weighted by atomic mass is 32.2. The third kappa shape index (κ3) is 3.90. The van der Waals surface area contributed by atoms with Gasteiger partial charge in [-0.25, -0.2) is 9.97 Å². The van der Waals surface area contributed by atoms with Crippen molar-refractivity contribution in [1.29, 1.82) is 0 Å². The minimum Gasteiger partial charge on any atom is -0.301 e. The quantitative estimate of drug-likeness (QED) is 0.502. The molecule has 3 aromatic heterocycles. The van der Waals surface area contributed by atoms with Crippen LogP contribution in [0.2, 0.25) is 0 Å². The lowest BCUT2D eigenvalue weighted by molar-refractivity contribution is -0.113. The molecule has 0 aliphatic heterocycles. The van der Waals surface area contributed by atoms with Crippen LogP contribution in [0.25, 0.3) is 17.0 Å². The van der Waals surface area contributed by atoms with Crippen molar-refractivity contribution in [2.45, 2.75) is 25.9 Å². The van der Waals surface area contributed by atoms with Gasteiger partial charge in [-0.3, -0.25) is 9.20 Å². The average Bonchev–Trinajstić information content (AvgIpc) is 3.27. The molecule has 0 atom stereocenters. The minimum atomic E-state index is -0.135. The van der Waals surface area contributed by atoms with Gasteiger partial charge >= 0.3 is 0 Å². The normalized spacial score (nSPS) is 11.1. The van der Waals surface area contributed by atoms with Crippen molar-refractivity contribution in [3.8, 4) is 11.3 Å². The number of thiazole rings is 1. The summed E-state index contributed by atoms with van der Waals surface area (Å²) in [4.78, 5) is 21.2. The van der Waals surface area contributed by atoms with Gasteiger partial charge in [0, 0.05) is 22.3 Å². The van der Waals surface area contributed by atoms with Crippen molar-refractivity contribution in [3.05, 3.63) is 52.7 Å². The minimum absolute atomic E-state index is 0.135. The van der Waals surface area contributed by atoms with E-state index in [1.54, 1.807) is 0 Å². The van der Waals surface area contributed by atoms with Gasteiger partial charge < -0.3 is 5.32 Å². The molecule has 28 heavy (non-hydrogen) atoms. The fraction of sp³-hybridized carbons (Fsp3) is 0.211. The Morgan fingerprint density at radius 1 is 1.14 bits per heavy atom. The van der Waals surface area contributed by atoms with Gasteiger partial charge in [0.2, 0.25) is 5.91 Å². The number of benzene rings is 1. The summed E-state index contributed by atoms with van der Waals surface area (Å²) in [5.41, 5.74) is 4.96. The van der Waals surface area contributed by atoms with Crippen molar-refractivity contribution in [2.24, 2.45) is 0 Å². The SMILES string of the molecule is Cc1ccc(-c2csc(NC(=O)CSc3nnc4nc(C)cc(C)n34)n2)cc1. The van der Waals surface area contributed by atoms with Crippen LogP contribution in [0.5, 0.6) is 0 Å². The maximum absolute atomic E-state index is 12.3. The first kappa shape index (κ1) is 18.6. The van der Waals surface area contributed by atoms with Gasteiger partial charge in [-0.15, -0.1) is 21.5 Å². The van der Waals surface area contributed by atoms with Crippen LogP contribution in [0, 0.1) is 20.8 Å². The zero-order chi connectivity index (χ0) is 19.7. The molecule has 0 fully saturated rings. The van der Waals surface area contributed by atoms with Gasteiger partial charge in [-0.2, -0.15) is 0 Å². The van der Waals surface area contributed by atoms with Crippen LogP contribution in [-0.4, -0.2) is 36.2 Å². The molecular weight excluding hydrogens is 392 g/mol. The van der Waals surface area contributed by atoms with E-state index < -0.39 is 0 Å². The Balaban J connectivity index is 1.41. The molecule has 0 radical (unpaired) electrons. The molecule has 0 spiro atoms. The number of thioether (sulfide) groups is 1. The first-order valence-electron chi connectivity index (χ1n) is 8.64. The zero-order valence-corrected chi connectivity index (χ0v) is 17.3. The lowest BCUT2D eigenvalue weighted by atomic mass is 10.1. The van der Waals surface area contributed by atoms with E-state index in [1.165, 1.54) is 28.7 Å². The second-order valence-electron chi connectivity index (χ2n) is 6.40. The zero-order valence-electron chi connectivity index (χ0n) is 15.6. The lowest BCUT2D eigenvalue weighted by Gasteiger charge is -2.04. The van der Waals surface area contributed by atoms with E-state index in [0.29, 0.717) is 16.1 Å². The Bertz CT molecular complexity index is 1150. The van der Waals surface area contributed by atoms with Crippen molar-refractivity contribution >= 4 is 39.9 Å². The molecule has 0 unspecified atom stereocenters. The number of aromatic nitrogens is 5. The van der Waals surface area contributed by atoms with Gasteiger partial charge in [0.25, 0.3) is 5.78 Å². The van der Waals surface area contributed by atoms with Crippen LogP contribution in [0.4, 0.5) is 5.13 Å². The smallest absolute Gasteiger partial charge is 0.256 e. The topological polar surface area (TPSA) is 85.1 Å². The second-order valence-corrected chi connectivity index (χ2v) is 8.20. The van der Waals surface area contributed by atoms with Crippen LogP contribution >= 0.6 is 23.1 Å². The number of fused-ring (bicyclic) bond motifs is 1. The fourth-order valence-electron chi connectivity index (χ4n) is 2.77. The molecule has 7 nitrogen and oxygen atoms in total. The van der Waals surface area contributed by atoms with E-state index in [-0.39, 0.29) is 11.7 Å². The van der Waals surface area contributed by atoms with Crippen molar-refractivity contribution < 1.29 is 4.79 Å². The molecule has 3 heterocycles. The second kappa shape index (κ2) is 7.69. The van der Waals surface area contributed by atoms with Gasteiger partial charge in [0.1, 0.15) is 0 Å². The predicted octanol–water partition coefficient (Wildman–Crippen LogP) is 3.90. The molecule has 1 aromatic carbocycles. The molecule has 9 heteroatoms. The number of hydrogen-bond acceptors (Lipinski definition) is 7. The van der Waals surface area contributed by atoms with Crippen LogP contribution < -0.4 is 5.32 Å². The monoisotopic (exact) mass is 410 g/mol. The fourth-order valence-corrected chi connectivity index (χ4v) is 4.29. The maximum Gasteiger partial charge on any atom is 0.256 e. The van der Waals surface area contributed by atoms with Gasteiger partial charge in [-0.1, -0.05) is 41.6 Å². The van der Waals surface area contributed by atoms with Crippen LogP contribution in [0.15, 0.2) is 40.9 Å². The van der Waals surface area contributed by atoms with Crippen molar-refractivity contribution in [1.82, 2.24) is 24.6 Å². The van der Waals surface area contributed by atoms with Gasteiger partial charge in [-0.05, 0) is 26.8 Å². The van der Waals surface area contributed by atoms with E-state index in [1.807, 2.05) is 60.9 Å². The van der Waals surface area contributed by atoms with Crippen LogP contribution in [0.3, 0.4) is 0 Å². The Morgan fingerprint density at radius 2 is 1.93 bits per heavy atom. The number of carbonyl (C=O) groups is 1. The van der Waals surface area contributed by atoms with Gasteiger partial charge in [0.15, 0.2) is 10.3 Å². The molecule has 4 rings (SSSR count). The molecule has 1 amide bonds. The molecular formula is C19H18N6OS2. The number of anilines is 1. The highest BCUT2D eigenvalue weighted by molar-refractivity contribution is 7.99. The molecule has 0 saturated heterocycles. The highest BCUT2D eigenvalue weighted by Gasteiger charge is 2.13. The largest absolute Gasteiger partial charge is 0.301 e. The summed E-state index contributed by atoms with van der Waals surface area (Å²) < 4.78 is 1.85. The standard InChI is InChI=1S/C19H18N6OS2/c1-11-4-6-14(7-5-11)15-9-27-18(21-15)22-16(26)10-28-19-24-23-17-20-12(2)8-13(3)25(17)19/h4-9H,10H2,1-3H3,(H,21,22,26). The van der Waals surface area contributed by atoms with Crippen molar-refractivity contribution in [2.75, 3.05) is 11.1 Å². The van der Waals surface area contributed by atoms with E-state index in [4.69, 9.17) is 0 Å². The Hall–Kier alpha value is -2.78. The number of aryl methyl sites for hydroxylation is 3. The Kier molecular flexibility index (Phi) is 5.10. The first-order valence-corrected chi connectivity index (χ1v) is 10.5. The van der Waals surface area contributed by atoms with E-state index in [2.05, 4.69) is 25.5 Å². The molecule has 1 N–H and O–H groups in total. The summed E-state index contributed by atoms with van der Waals surface area (Å²) in [7, 11) is 0. The number of amides is 1. The van der Waals surface area contributed by atoms with E-state index in [0.717, 1.165) is 22.6 Å². The average molecular weight is 411 g/mol. The molecule has 0 bridgehead atoms. The highest BCUT2D eigenvalue weighted by Crippen LogP contribution is 2.25. The number of carbonyl (C=O) groups excluding carboxylic acids is 1. The third-order valence-electron chi connectivity index (χ3n) is 4.09. The summed E-state index contributed by atoms with van der Waals surface area (Å²) in [5, 5.41) is 14.3. The summed E-state index contributed by atoms with van der Waals surface area (Å²) in [6.07, 6.45) is 0. The molecule has 4 aromatic rings. The summed E-state index contributed by atoms with van der Waals surface area (Å²) in [6, 6.07) is 10.1. The number of nitrogens with one attached hydrogen (secondary N) is 1. The Morgan fingerprint density at radius 3 is 2.71 bits per heavy atom. The van der Waals surface area contributed by atoms with E-state index in [9.17, 15) is 4.79 Å². The molecule has 142 valence electrons. The first-order chi connectivity index (χ1) is 13.5.